The van der Waals surface area contributed by atoms with Gasteiger partial charge in [-0.3, -0.25) is 19.9 Å². The molecule has 1 aliphatic heterocycles. The average Bonchev–Trinajstić information content (AvgIpc) is 3.10. The number of aromatic nitrogens is 5. The van der Waals surface area contributed by atoms with Gasteiger partial charge in [-0.15, -0.1) is 16.9 Å². The number of aliphatic hydroxyl groups is 2. The minimum Gasteiger partial charge on any atom is -0.395 e. The molecule has 4 N–H and O–H groups in total. The lowest BCUT2D eigenvalue weighted by Crippen LogP contribution is -2.29. The minimum absolute atomic E-state index is 0.00476. The summed E-state index contributed by atoms with van der Waals surface area (Å²) in [5.74, 6) is -0.762. The molecule has 25 heavy (non-hydrogen) atoms. The van der Waals surface area contributed by atoms with Gasteiger partial charge in [-0.2, -0.15) is 4.98 Å². The van der Waals surface area contributed by atoms with Gasteiger partial charge in [-0.25, -0.2) is 9.07 Å². The lowest BCUT2D eigenvalue weighted by atomic mass is 10.2. The van der Waals surface area contributed by atoms with Crippen LogP contribution >= 0.6 is 11.8 Å². The van der Waals surface area contributed by atoms with Gasteiger partial charge >= 0.3 is 0 Å². The van der Waals surface area contributed by atoms with Crippen molar-refractivity contribution in [2.24, 2.45) is 5.92 Å². The molecule has 3 heterocycles. The summed E-state index contributed by atoms with van der Waals surface area (Å²) in [6.07, 6.45) is -3.09. The third-order valence-electron chi connectivity index (χ3n) is 3.81. The molecule has 0 spiro atoms. The number of aliphatic hydroxyl groups excluding tert-OH is 2. The van der Waals surface area contributed by atoms with Crippen molar-refractivity contribution in [3.8, 4) is 0 Å². The number of alkyl halides is 1. The van der Waals surface area contributed by atoms with Crippen LogP contribution in [-0.2, 0) is 4.79 Å². The van der Waals surface area contributed by atoms with E-state index in [4.69, 9.17) is 0 Å². The standard InChI is InChI=1S/C13H17FN6O4S/c1-4(2)10(23)16-13-15-9-7(11(24)17-13)18-19-20(9)12-8(22)6(14)5(3-21)25-12/h4-6,8,12,21-22H,3H2,1-2H3,(H2,15,16,17,23,24)/t5-,6?,8?,12-/m1/s1. The number of halogens is 1. The molecule has 2 aromatic heterocycles. The molecule has 0 saturated carbocycles. The summed E-state index contributed by atoms with van der Waals surface area (Å²) in [4.78, 5) is 30.4. The number of amides is 1. The number of hydrogen-bond donors (Lipinski definition) is 4. The number of nitrogens with zero attached hydrogens (tertiary/aromatic N) is 4. The van der Waals surface area contributed by atoms with Crippen molar-refractivity contribution < 1.29 is 19.4 Å². The molecule has 136 valence electrons. The maximum absolute atomic E-state index is 14.0. The van der Waals surface area contributed by atoms with Crippen molar-refractivity contribution in [1.82, 2.24) is 25.0 Å². The highest BCUT2D eigenvalue weighted by atomic mass is 32.2. The second-order valence-electron chi connectivity index (χ2n) is 5.95. The van der Waals surface area contributed by atoms with Gasteiger partial charge in [0, 0.05) is 5.92 Å². The maximum Gasteiger partial charge on any atom is 0.282 e. The van der Waals surface area contributed by atoms with E-state index in [0.717, 1.165) is 16.4 Å². The molecular formula is C13H17FN6O4S. The Morgan fingerprint density at radius 2 is 2.24 bits per heavy atom. The summed E-state index contributed by atoms with van der Waals surface area (Å²) in [5.41, 5.74) is -0.716. The van der Waals surface area contributed by atoms with Crippen LogP contribution in [0.25, 0.3) is 11.2 Å². The average molecular weight is 372 g/mol. The molecule has 0 aromatic carbocycles. The van der Waals surface area contributed by atoms with Crippen LogP contribution in [-0.4, -0.2) is 65.2 Å². The van der Waals surface area contributed by atoms with E-state index in [1.165, 1.54) is 0 Å². The molecule has 0 radical (unpaired) electrons. The number of H-pyrrole nitrogens is 1. The van der Waals surface area contributed by atoms with Crippen LogP contribution in [0, 0.1) is 5.92 Å². The van der Waals surface area contributed by atoms with Crippen molar-refractivity contribution in [2.45, 2.75) is 36.7 Å². The molecule has 0 aliphatic carbocycles. The molecule has 10 nitrogen and oxygen atoms in total. The molecule has 1 saturated heterocycles. The number of anilines is 1. The van der Waals surface area contributed by atoms with E-state index in [0.29, 0.717) is 0 Å². The van der Waals surface area contributed by atoms with Gasteiger partial charge in [0.05, 0.1) is 11.9 Å². The number of aromatic amines is 1. The fourth-order valence-electron chi connectivity index (χ4n) is 2.39. The highest BCUT2D eigenvalue weighted by Crippen LogP contribution is 2.43. The van der Waals surface area contributed by atoms with Crippen LogP contribution in [0.5, 0.6) is 0 Å². The Kier molecular flexibility index (Phi) is 4.75. The van der Waals surface area contributed by atoms with Crippen LogP contribution < -0.4 is 10.9 Å². The van der Waals surface area contributed by atoms with Gasteiger partial charge in [-0.1, -0.05) is 19.1 Å². The molecule has 2 aromatic rings. The maximum atomic E-state index is 14.0. The molecule has 0 bridgehead atoms. The Hall–Kier alpha value is -2.05. The van der Waals surface area contributed by atoms with E-state index in [9.17, 15) is 24.2 Å². The zero-order chi connectivity index (χ0) is 18.3. The van der Waals surface area contributed by atoms with E-state index in [2.05, 4.69) is 25.6 Å². The molecule has 1 fully saturated rings. The monoisotopic (exact) mass is 372 g/mol. The normalized spacial score (nSPS) is 26.5. The van der Waals surface area contributed by atoms with Crippen molar-refractivity contribution in [3.05, 3.63) is 10.4 Å². The predicted octanol–water partition coefficient (Wildman–Crippen LogP) is -0.586. The van der Waals surface area contributed by atoms with Gasteiger partial charge in [0.15, 0.2) is 11.2 Å². The second-order valence-corrected chi connectivity index (χ2v) is 7.31. The van der Waals surface area contributed by atoms with Crippen molar-refractivity contribution in [3.63, 3.8) is 0 Å². The fraction of sp³-hybridized carbons (Fsp3) is 0.615. The first-order valence-corrected chi connectivity index (χ1v) is 8.52. The number of nitrogens with one attached hydrogen (secondary N) is 2. The quantitative estimate of drug-likeness (QED) is 0.557. The van der Waals surface area contributed by atoms with E-state index in [1.54, 1.807) is 13.8 Å². The van der Waals surface area contributed by atoms with Gasteiger partial charge in [-0.05, 0) is 0 Å². The largest absolute Gasteiger partial charge is 0.395 e. The number of hydrogen-bond acceptors (Lipinski definition) is 8. The summed E-state index contributed by atoms with van der Waals surface area (Å²) >= 11 is 0.976. The van der Waals surface area contributed by atoms with Gasteiger partial charge in [0.25, 0.3) is 5.56 Å². The topological polar surface area (TPSA) is 146 Å². The fourth-order valence-corrected chi connectivity index (χ4v) is 3.71. The summed E-state index contributed by atoms with van der Waals surface area (Å²) in [7, 11) is 0. The van der Waals surface area contributed by atoms with Crippen molar-refractivity contribution in [2.75, 3.05) is 11.9 Å². The number of thioether (sulfide) groups is 1. The molecule has 1 amide bonds. The van der Waals surface area contributed by atoms with E-state index in [-0.39, 0.29) is 28.9 Å². The summed E-state index contributed by atoms with van der Waals surface area (Å²) < 4.78 is 15.1. The first-order chi connectivity index (χ1) is 11.8. The van der Waals surface area contributed by atoms with E-state index >= 15 is 0 Å². The Morgan fingerprint density at radius 3 is 2.84 bits per heavy atom. The zero-order valence-corrected chi connectivity index (χ0v) is 14.2. The first-order valence-electron chi connectivity index (χ1n) is 7.58. The third-order valence-corrected chi connectivity index (χ3v) is 5.33. The second kappa shape index (κ2) is 6.69. The molecule has 1 aliphatic rings. The van der Waals surface area contributed by atoms with Gasteiger partial charge in [0.2, 0.25) is 11.9 Å². The van der Waals surface area contributed by atoms with Crippen molar-refractivity contribution in [1.29, 1.82) is 0 Å². The lowest BCUT2D eigenvalue weighted by molar-refractivity contribution is -0.118. The van der Waals surface area contributed by atoms with Crippen LogP contribution in [0.15, 0.2) is 4.79 Å². The Morgan fingerprint density at radius 1 is 1.52 bits per heavy atom. The molecule has 2 unspecified atom stereocenters. The highest BCUT2D eigenvalue weighted by molar-refractivity contribution is 8.00. The molecular weight excluding hydrogens is 355 g/mol. The number of carbonyl (C=O) groups is 1. The Balaban J connectivity index is 2.01. The van der Waals surface area contributed by atoms with Crippen LogP contribution in [0.1, 0.15) is 19.2 Å². The van der Waals surface area contributed by atoms with Crippen LogP contribution in [0.2, 0.25) is 0 Å². The van der Waals surface area contributed by atoms with E-state index < -0.39 is 35.1 Å². The smallest absolute Gasteiger partial charge is 0.282 e. The highest BCUT2D eigenvalue weighted by Gasteiger charge is 2.45. The van der Waals surface area contributed by atoms with Gasteiger partial charge in [0.1, 0.15) is 17.6 Å². The van der Waals surface area contributed by atoms with Crippen LogP contribution in [0.3, 0.4) is 0 Å². The lowest BCUT2D eigenvalue weighted by Gasteiger charge is -2.14. The van der Waals surface area contributed by atoms with E-state index in [1.807, 2.05) is 0 Å². The van der Waals surface area contributed by atoms with Crippen molar-refractivity contribution >= 4 is 34.8 Å². The third kappa shape index (κ3) is 3.12. The summed E-state index contributed by atoms with van der Waals surface area (Å²) in [5, 5.41) is 27.5. The predicted molar refractivity (Wildman–Crippen MR) is 87.8 cm³/mol. The molecule has 12 heteroatoms. The van der Waals surface area contributed by atoms with Crippen LogP contribution in [0.4, 0.5) is 10.3 Å². The molecule has 4 atom stereocenters. The number of rotatable bonds is 4. The summed E-state index contributed by atoms with van der Waals surface area (Å²) in [6.45, 7) is 2.91. The Bertz CT molecular complexity index is 855. The SMILES string of the molecule is CC(C)C(=O)Nc1nc2c(nnn2[C@@H]2S[C@H](CO)C(F)C2O)c(=O)[nH]1. The summed E-state index contributed by atoms with van der Waals surface area (Å²) in [6, 6.07) is 0. The zero-order valence-electron chi connectivity index (χ0n) is 13.4. The number of carbonyl (C=O) groups excluding carboxylic acids is 1. The number of fused-ring (bicyclic) bond motifs is 1. The first kappa shape index (κ1) is 17.8. The molecule has 3 rings (SSSR count). The Labute approximate surface area is 144 Å². The minimum atomic E-state index is -1.65. The van der Waals surface area contributed by atoms with Gasteiger partial charge < -0.3 is 10.2 Å².